The molecule has 2 rings (SSSR count). The summed E-state index contributed by atoms with van der Waals surface area (Å²) in [7, 11) is 1.82. The molecule has 26 heavy (non-hydrogen) atoms. The van der Waals surface area contributed by atoms with E-state index in [4.69, 9.17) is 0 Å². The van der Waals surface area contributed by atoms with Gasteiger partial charge in [0.25, 0.3) is 0 Å². The van der Waals surface area contributed by atoms with Gasteiger partial charge >= 0.3 is 0 Å². The maximum absolute atomic E-state index is 4.58. The van der Waals surface area contributed by atoms with E-state index in [1.165, 1.54) is 15.4 Å². The Balaban J connectivity index is 0.00000338. The number of halogens is 1. The number of guanidine groups is 1. The molecule has 0 saturated heterocycles. The molecule has 1 aromatic heterocycles. The lowest BCUT2D eigenvalue weighted by Crippen LogP contribution is -2.43. The Morgan fingerprint density at radius 1 is 1.15 bits per heavy atom. The van der Waals surface area contributed by atoms with Gasteiger partial charge in [-0.1, -0.05) is 44.2 Å². The molecule has 4 nitrogen and oxygen atoms in total. The molecule has 0 aliphatic rings. The van der Waals surface area contributed by atoms with Crippen LogP contribution in [0, 0.1) is 19.3 Å². The molecule has 0 aliphatic heterocycles. The van der Waals surface area contributed by atoms with Gasteiger partial charge in [0, 0.05) is 31.4 Å². The van der Waals surface area contributed by atoms with Gasteiger partial charge in [0.05, 0.1) is 10.7 Å². The second-order valence-corrected chi connectivity index (χ2v) is 8.47. The molecule has 0 spiro atoms. The summed E-state index contributed by atoms with van der Waals surface area (Å²) in [5.41, 5.74) is 2.67. The Morgan fingerprint density at radius 2 is 1.85 bits per heavy atom. The lowest BCUT2D eigenvalue weighted by Gasteiger charge is -2.26. The summed E-state index contributed by atoms with van der Waals surface area (Å²) in [6.07, 6.45) is 1.96. The van der Waals surface area contributed by atoms with Crippen LogP contribution in [0.1, 0.15) is 35.0 Å². The monoisotopic (exact) mass is 486 g/mol. The molecule has 2 aromatic rings. The van der Waals surface area contributed by atoms with Gasteiger partial charge in [-0.25, -0.2) is 4.98 Å². The number of rotatable bonds is 7. The van der Waals surface area contributed by atoms with E-state index >= 15 is 0 Å². The zero-order valence-corrected chi connectivity index (χ0v) is 19.6. The van der Waals surface area contributed by atoms with Crippen LogP contribution in [0.3, 0.4) is 0 Å². The lowest BCUT2D eigenvalue weighted by molar-refractivity contribution is 0.359. The van der Waals surface area contributed by atoms with Crippen molar-refractivity contribution in [2.24, 2.45) is 10.4 Å². The fourth-order valence-corrected chi connectivity index (χ4v) is 3.62. The largest absolute Gasteiger partial charge is 0.356 e. The molecule has 0 unspecified atom stereocenters. The van der Waals surface area contributed by atoms with Crippen LogP contribution < -0.4 is 10.6 Å². The minimum Gasteiger partial charge on any atom is -0.356 e. The van der Waals surface area contributed by atoms with Gasteiger partial charge in [-0.05, 0) is 31.2 Å². The van der Waals surface area contributed by atoms with Crippen molar-refractivity contribution in [1.82, 2.24) is 15.6 Å². The maximum atomic E-state index is 4.58. The van der Waals surface area contributed by atoms with Gasteiger partial charge in [-0.15, -0.1) is 35.3 Å². The number of aliphatic imine (C=N–C) groups is 1. The third-order valence-electron chi connectivity index (χ3n) is 4.19. The van der Waals surface area contributed by atoms with Crippen molar-refractivity contribution in [2.75, 3.05) is 20.1 Å². The van der Waals surface area contributed by atoms with Crippen LogP contribution in [0.4, 0.5) is 0 Å². The van der Waals surface area contributed by atoms with Crippen LogP contribution in [0.25, 0.3) is 0 Å². The first kappa shape index (κ1) is 22.9. The molecule has 0 fully saturated rings. The Labute approximate surface area is 179 Å². The molecular formula is C20H31IN4S. The van der Waals surface area contributed by atoms with E-state index in [0.29, 0.717) is 0 Å². The highest BCUT2D eigenvalue weighted by molar-refractivity contribution is 14.0. The molecule has 6 heteroatoms. The van der Waals surface area contributed by atoms with Crippen molar-refractivity contribution in [1.29, 1.82) is 0 Å². The summed E-state index contributed by atoms with van der Waals surface area (Å²) < 4.78 is 0. The Kier molecular flexibility index (Phi) is 9.57. The third kappa shape index (κ3) is 7.61. The average molecular weight is 486 g/mol. The van der Waals surface area contributed by atoms with Crippen LogP contribution in [-0.2, 0) is 12.8 Å². The highest BCUT2D eigenvalue weighted by Gasteiger charge is 2.19. The zero-order valence-electron chi connectivity index (χ0n) is 16.4. The summed E-state index contributed by atoms with van der Waals surface area (Å²) in [5.74, 6) is 0.853. The minimum atomic E-state index is 0. The van der Waals surface area contributed by atoms with Crippen LogP contribution >= 0.6 is 35.3 Å². The summed E-state index contributed by atoms with van der Waals surface area (Å²) >= 11 is 1.78. The average Bonchev–Trinajstić information content (AvgIpc) is 2.89. The molecule has 144 valence electrons. The van der Waals surface area contributed by atoms with Crippen molar-refractivity contribution >= 4 is 41.3 Å². The number of nitrogens with one attached hydrogen (secondary N) is 2. The van der Waals surface area contributed by atoms with Crippen molar-refractivity contribution in [2.45, 2.75) is 40.5 Å². The quantitative estimate of drug-likeness (QED) is 0.348. The van der Waals surface area contributed by atoms with Crippen LogP contribution in [0.5, 0.6) is 0 Å². The molecule has 0 radical (unpaired) electrons. The summed E-state index contributed by atoms with van der Waals surface area (Å²) in [6.45, 7) is 10.5. The van der Waals surface area contributed by atoms with Crippen molar-refractivity contribution in [3.8, 4) is 0 Å². The maximum Gasteiger partial charge on any atom is 0.191 e. The van der Waals surface area contributed by atoms with Gasteiger partial charge in [0.15, 0.2) is 5.96 Å². The second-order valence-electron chi connectivity index (χ2n) is 7.18. The fraction of sp³-hybridized carbons (Fsp3) is 0.500. The summed E-state index contributed by atoms with van der Waals surface area (Å²) in [4.78, 5) is 10.2. The number of hydrogen-bond donors (Lipinski definition) is 2. The van der Waals surface area contributed by atoms with Gasteiger partial charge in [0.2, 0.25) is 0 Å². The molecule has 0 saturated carbocycles. The van der Waals surface area contributed by atoms with E-state index in [2.05, 4.69) is 78.6 Å². The van der Waals surface area contributed by atoms with Gasteiger partial charge < -0.3 is 10.6 Å². The molecule has 1 aromatic carbocycles. The topological polar surface area (TPSA) is 49.3 Å². The Hall–Kier alpha value is -1.15. The summed E-state index contributed by atoms with van der Waals surface area (Å²) in [5, 5.41) is 8.03. The first-order valence-corrected chi connectivity index (χ1v) is 9.62. The lowest BCUT2D eigenvalue weighted by atomic mass is 9.86. The van der Waals surface area contributed by atoms with Crippen molar-refractivity contribution < 1.29 is 0 Å². The van der Waals surface area contributed by atoms with E-state index < -0.39 is 0 Å². The molecule has 0 aliphatic carbocycles. The SMILES string of the molecule is CN=C(NCCc1nc(C)c(C)s1)NCC(C)(C)Cc1ccccc1.I. The van der Waals surface area contributed by atoms with Gasteiger partial charge in [-0.2, -0.15) is 0 Å². The zero-order chi connectivity index (χ0) is 18.3. The normalized spacial score (nSPS) is 11.8. The van der Waals surface area contributed by atoms with E-state index in [1.54, 1.807) is 11.3 Å². The third-order valence-corrected chi connectivity index (χ3v) is 5.32. The second kappa shape index (κ2) is 10.9. The van der Waals surface area contributed by atoms with Gasteiger partial charge in [-0.3, -0.25) is 4.99 Å². The Bertz CT molecular complexity index is 676. The number of aromatic nitrogens is 1. The Morgan fingerprint density at radius 3 is 2.42 bits per heavy atom. The van der Waals surface area contributed by atoms with Crippen LogP contribution in [0.2, 0.25) is 0 Å². The predicted octanol–water partition coefficient (Wildman–Crippen LogP) is 4.35. The van der Waals surface area contributed by atoms with Crippen LogP contribution in [-0.4, -0.2) is 31.1 Å². The first-order chi connectivity index (χ1) is 11.9. The van der Waals surface area contributed by atoms with Crippen molar-refractivity contribution in [3.05, 3.63) is 51.5 Å². The fourth-order valence-electron chi connectivity index (χ4n) is 2.69. The van der Waals surface area contributed by atoms with E-state index in [1.807, 2.05) is 7.05 Å². The molecule has 0 bridgehead atoms. The molecule has 0 amide bonds. The molecule has 1 heterocycles. The number of aryl methyl sites for hydroxylation is 2. The predicted molar refractivity (Wildman–Crippen MR) is 124 cm³/mol. The number of hydrogen-bond acceptors (Lipinski definition) is 3. The van der Waals surface area contributed by atoms with Crippen LogP contribution in [0.15, 0.2) is 35.3 Å². The first-order valence-electron chi connectivity index (χ1n) is 8.81. The van der Waals surface area contributed by atoms with Gasteiger partial charge in [0.1, 0.15) is 0 Å². The van der Waals surface area contributed by atoms with E-state index in [0.717, 1.165) is 37.6 Å². The smallest absolute Gasteiger partial charge is 0.191 e. The van der Waals surface area contributed by atoms with E-state index in [-0.39, 0.29) is 29.4 Å². The minimum absolute atomic E-state index is 0. The van der Waals surface area contributed by atoms with E-state index in [9.17, 15) is 0 Å². The summed E-state index contributed by atoms with van der Waals surface area (Å²) in [6, 6.07) is 10.6. The number of thiazole rings is 1. The van der Waals surface area contributed by atoms with Crippen molar-refractivity contribution in [3.63, 3.8) is 0 Å². The molecule has 2 N–H and O–H groups in total. The highest BCUT2D eigenvalue weighted by atomic mass is 127. The number of nitrogens with zero attached hydrogens (tertiary/aromatic N) is 2. The highest BCUT2D eigenvalue weighted by Crippen LogP contribution is 2.20. The standard InChI is InChI=1S/C20H30N4S.HI/c1-15-16(2)25-18(24-15)11-12-22-19(21-5)23-14-20(3,4)13-17-9-7-6-8-10-17;/h6-10H,11-14H2,1-5H3,(H2,21,22,23);1H. The number of benzene rings is 1. The molecule has 0 atom stereocenters. The molecular weight excluding hydrogens is 455 g/mol.